The topological polar surface area (TPSA) is 147 Å². The summed E-state index contributed by atoms with van der Waals surface area (Å²) >= 11 is 3.20. The minimum absolute atomic E-state index is 0. The van der Waals surface area contributed by atoms with E-state index >= 15 is 0 Å². The quantitative estimate of drug-likeness (QED) is 0.0810. The Bertz CT molecular complexity index is 1950. The maximum atomic E-state index is 9.28. The first-order valence-corrected chi connectivity index (χ1v) is 16.0. The number of carbonyl (C=O) groups excluding carboxylic acids is 1. The Balaban J connectivity index is 0.000000437. The summed E-state index contributed by atoms with van der Waals surface area (Å²) in [5.74, 6) is 3.06. The number of phenols is 2. The second-order valence-electron chi connectivity index (χ2n) is 10.0. The second-order valence-corrected chi connectivity index (χ2v) is 10.9. The number of halogens is 1. The van der Waals surface area contributed by atoms with Crippen LogP contribution in [0, 0.1) is 0 Å². The summed E-state index contributed by atoms with van der Waals surface area (Å²) in [6.07, 6.45) is 5.15. The van der Waals surface area contributed by atoms with Gasteiger partial charge in [0, 0.05) is 30.7 Å². The van der Waals surface area contributed by atoms with Crippen LogP contribution in [0.2, 0.25) is 0 Å². The molecule has 258 valence electrons. The molecule has 0 spiro atoms. The zero-order chi connectivity index (χ0) is 36.1. The molecule has 3 aromatic heterocycles. The molecule has 13 heteroatoms. The Morgan fingerprint density at radius 3 is 1.21 bits per heavy atom. The van der Waals surface area contributed by atoms with E-state index in [-0.39, 0.29) is 122 Å². The van der Waals surface area contributed by atoms with Gasteiger partial charge in [-0.05, 0) is 111 Å². The van der Waals surface area contributed by atoms with Crippen molar-refractivity contribution in [3.8, 4) is 57.0 Å². The summed E-state index contributed by atoms with van der Waals surface area (Å²) in [6, 6.07) is 46.5. The van der Waals surface area contributed by atoms with E-state index < -0.39 is 0 Å². The number of nitrogens with zero attached hydrogens (tertiary/aromatic N) is 3. The molecule has 0 fully saturated rings. The summed E-state index contributed by atoms with van der Waals surface area (Å²) in [6.45, 7) is -0.181. The third kappa shape index (κ3) is 17.6. The fourth-order valence-electron chi connectivity index (χ4n) is 4.25. The zero-order valence-electron chi connectivity index (χ0n) is 29.9. The summed E-state index contributed by atoms with van der Waals surface area (Å²) < 4.78 is 12.5. The maximum absolute atomic E-state index is 9.28. The molecule has 2 N–H and O–H groups in total. The number of aromatic hydroxyl groups is 2. The number of pyridine rings is 3. The first-order valence-electron chi connectivity index (χ1n) is 15.2. The van der Waals surface area contributed by atoms with E-state index in [2.05, 4.69) is 35.8 Å². The molecule has 7 rings (SSSR count). The summed E-state index contributed by atoms with van der Waals surface area (Å²) in [4.78, 5) is 23.5. The molecule has 0 saturated carbocycles. The van der Waals surface area contributed by atoms with Crippen molar-refractivity contribution in [3.63, 3.8) is 0 Å². The summed E-state index contributed by atoms with van der Waals surface area (Å²) in [5.41, 5.74) is 3.84. The fourth-order valence-corrected chi connectivity index (χ4v) is 4.52. The van der Waals surface area contributed by atoms with Crippen molar-refractivity contribution in [2.45, 2.75) is 0 Å². The van der Waals surface area contributed by atoms with E-state index in [9.17, 15) is 10.2 Å². The van der Waals surface area contributed by atoms with Gasteiger partial charge in [0.1, 0.15) is 27.6 Å². The normalized spacial score (nSPS) is 9.25. The van der Waals surface area contributed by atoms with Crippen LogP contribution in [0.25, 0.3) is 22.3 Å². The molecule has 0 unspecified atom stereocenters. The third-order valence-electron chi connectivity index (χ3n) is 6.42. The van der Waals surface area contributed by atoms with Crippen molar-refractivity contribution in [3.05, 3.63) is 175 Å². The average Bonchev–Trinajstić information content (AvgIpc) is 3.17. The third-order valence-corrected chi connectivity index (χ3v) is 6.88. The zero-order valence-corrected chi connectivity index (χ0v) is 36.7. The SMILES string of the molecule is Brc1ccccn1.O=CO[O-].Oc1cccc(-c2cccc(O)c2)c1.[H-].[K+].[K+].c1ccc(Oc2cccc(-c3cccc(Oc4ccccn4)c3)c2)nc1. The van der Waals surface area contributed by atoms with Gasteiger partial charge in [0.05, 0.1) is 0 Å². The fraction of sp³-hybridized carbons (Fsp3) is 0. The van der Waals surface area contributed by atoms with Crippen LogP contribution in [0.3, 0.4) is 0 Å². The summed E-state index contributed by atoms with van der Waals surface area (Å²) in [7, 11) is 0. The van der Waals surface area contributed by atoms with Gasteiger partial charge in [-0.25, -0.2) is 15.0 Å². The Morgan fingerprint density at radius 1 is 0.528 bits per heavy atom. The van der Waals surface area contributed by atoms with Crippen molar-refractivity contribution >= 4 is 22.4 Å². The van der Waals surface area contributed by atoms with E-state index in [4.69, 9.17) is 19.5 Å². The Kier molecular flexibility index (Phi) is 22.9. The van der Waals surface area contributed by atoms with Gasteiger partial charge in [-0.3, -0.25) is 4.79 Å². The van der Waals surface area contributed by atoms with E-state index in [1.807, 2.05) is 115 Å². The van der Waals surface area contributed by atoms with Crippen LogP contribution in [0.5, 0.6) is 34.8 Å². The maximum Gasteiger partial charge on any atom is 1.00 e. The smallest absolute Gasteiger partial charge is 1.00 e. The van der Waals surface area contributed by atoms with Crippen molar-refractivity contribution in [1.29, 1.82) is 0 Å². The van der Waals surface area contributed by atoms with Crippen LogP contribution in [0.4, 0.5) is 0 Å². The van der Waals surface area contributed by atoms with Gasteiger partial charge < -0.3 is 31.3 Å². The number of rotatable bonds is 7. The number of hydrogen-bond donors (Lipinski definition) is 2. The van der Waals surface area contributed by atoms with Crippen molar-refractivity contribution in [1.82, 2.24) is 15.0 Å². The number of phenolic OH excluding ortho intramolecular Hbond substituents is 2. The molecule has 0 aliphatic heterocycles. The molecule has 53 heavy (non-hydrogen) atoms. The van der Waals surface area contributed by atoms with Crippen LogP contribution >= 0.6 is 15.9 Å². The van der Waals surface area contributed by atoms with Gasteiger partial charge in [-0.2, -0.15) is 0 Å². The van der Waals surface area contributed by atoms with Crippen molar-refractivity contribution in [2.75, 3.05) is 0 Å². The van der Waals surface area contributed by atoms with E-state index in [1.165, 1.54) is 0 Å². The van der Waals surface area contributed by atoms with Gasteiger partial charge in [-0.15, -0.1) is 0 Å². The number of carbonyl (C=O) groups is 1. The van der Waals surface area contributed by atoms with Gasteiger partial charge in [0.25, 0.3) is 6.47 Å². The predicted molar refractivity (Wildman–Crippen MR) is 196 cm³/mol. The molecule has 0 radical (unpaired) electrons. The molecule has 0 bridgehead atoms. The molecule has 0 saturated heterocycles. The Hall–Kier alpha value is -3.29. The molecule has 0 atom stereocenters. The van der Waals surface area contributed by atoms with Crippen molar-refractivity contribution in [2.24, 2.45) is 0 Å². The molecule has 7 aromatic rings. The number of hydrogen-bond acceptors (Lipinski definition) is 10. The van der Waals surface area contributed by atoms with E-state index in [0.29, 0.717) is 11.8 Å². The largest absolute Gasteiger partial charge is 1.00 e. The van der Waals surface area contributed by atoms with Crippen LogP contribution in [0.15, 0.2) is 175 Å². The standard InChI is InChI=1S/C22H16N2O2.C12H10O2.C5H4BrN.CH2O3.2K.H/c1-3-13-23-21(11-1)25-19-9-5-7-17(15-19)18-8-6-10-20(16-18)26-22-12-2-4-14-24-22;13-11-5-1-3-9(7-11)10-4-2-6-12(14)8-10;6-5-3-1-2-4-7-5;2-1-4-3;;;/h1-16H;1-8,13-14H;1-4H;1,3H;;;/q;;;;2*+1;-1/p-1. The van der Waals surface area contributed by atoms with Crippen LogP contribution in [-0.2, 0) is 9.68 Å². The minimum Gasteiger partial charge on any atom is -1.00 e. The van der Waals surface area contributed by atoms with E-state index in [1.54, 1.807) is 55.0 Å². The van der Waals surface area contributed by atoms with Gasteiger partial charge in [-0.1, -0.05) is 66.7 Å². The molecule has 0 aliphatic carbocycles. The van der Waals surface area contributed by atoms with Crippen LogP contribution in [-0.4, -0.2) is 31.6 Å². The molecule has 3 heterocycles. The molecule has 0 aliphatic rings. The number of aromatic nitrogens is 3. The molecule has 4 aromatic carbocycles. The monoisotopic (exact) mass is 823 g/mol. The average molecular weight is 825 g/mol. The minimum atomic E-state index is -0.181. The second kappa shape index (κ2) is 26.5. The van der Waals surface area contributed by atoms with E-state index in [0.717, 1.165) is 38.4 Å². The Morgan fingerprint density at radius 2 is 0.906 bits per heavy atom. The predicted octanol–water partition coefficient (Wildman–Crippen LogP) is 2.89. The van der Waals surface area contributed by atoms with Gasteiger partial charge in [0.15, 0.2) is 0 Å². The summed E-state index contributed by atoms with van der Waals surface area (Å²) in [5, 5.41) is 27.0. The Labute approximate surface area is 402 Å². The van der Waals surface area contributed by atoms with Crippen LogP contribution in [0.1, 0.15) is 1.43 Å². The van der Waals surface area contributed by atoms with Crippen molar-refractivity contribution < 1.29 is 139 Å². The number of ether oxygens (including phenoxy) is 2. The molecular weight excluding hydrogens is 793 g/mol. The molecular formula is C40H32BrK2N3O7. The molecule has 0 amide bonds. The van der Waals surface area contributed by atoms with Gasteiger partial charge in [0.2, 0.25) is 11.8 Å². The van der Waals surface area contributed by atoms with Gasteiger partial charge >= 0.3 is 103 Å². The molecule has 10 nitrogen and oxygen atoms in total. The van der Waals surface area contributed by atoms with Crippen LogP contribution < -0.4 is 118 Å². The number of benzene rings is 4. The first-order chi connectivity index (χ1) is 24.9. The first kappa shape index (κ1) is 45.9.